The van der Waals surface area contributed by atoms with Gasteiger partial charge in [0.1, 0.15) is 5.82 Å². The van der Waals surface area contributed by atoms with Crippen molar-refractivity contribution in [2.45, 2.75) is 0 Å². The zero-order valence-corrected chi connectivity index (χ0v) is 10.3. The van der Waals surface area contributed by atoms with Crippen LogP contribution in [0, 0.1) is 0 Å². The summed E-state index contributed by atoms with van der Waals surface area (Å²) in [4.78, 5) is 4.58. The van der Waals surface area contributed by atoms with Crippen molar-refractivity contribution in [3.8, 4) is 11.4 Å². The minimum Gasteiger partial charge on any atom is -0.327 e. The van der Waals surface area contributed by atoms with E-state index in [0.717, 1.165) is 22.4 Å². The smallest absolute Gasteiger partial charge is 0.143 e. The van der Waals surface area contributed by atoms with Gasteiger partial charge >= 0.3 is 0 Å². The molecule has 0 radical (unpaired) electrons. The van der Waals surface area contributed by atoms with Crippen LogP contribution in [0.4, 0.5) is 0 Å². The Hall–Kier alpha value is -1.39. The molecule has 3 rings (SSSR count). The molecule has 0 aliphatic carbocycles. The summed E-state index contributed by atoms with van der Waals surface area (Å²) in [5.74, 6) is 0.977. The van der Waals surface area contributed by atoms with Gasteiger partial charge in [-0.05, 0) is 23.7 Å². The van der Waals surface area contributed by atoms with Crippen molar-refractivity contribution in [1.82, 2.24) is 13.9 Å². The standard InChI is InChI=1S/C11H9N3S.ClH/c1-14-10-5-3-2-4-9(10)13-11(14)8-6-12-15-7-8;/h2-7H,1H3;1H. The Kier molecular flexibility index (Phi) is 2.94. The fourth-order valence-electron chi connectivity index (χ4n) is 1.72. The van der Waals surface area contributed by atoms with Crippen LogP contribution in [0.25, 0.3) is 22.4 Å². The summed E-state index contributed by atoms with van der Waals surface area (Å²) in [5, 5.41) is 2.02. The third-order valence-electron chi connectivity index (χ3n) is 2.48. The van der Waals surface area contributed by atoms with Gasteiger partial charge in [-0.25, -0.2) is 9.36 Å². The van der Waals surface area contributed by atoms with Crippen LogP contribution in [0.1, 0.15) is 0 Å². The van der Waals surface area contributed by atoms with Crippen molar-refractivity contribution in [2.75, 3.05) is 0 Å². The predicted octanol–water partition coefficient (Wildman–Crippen LogP) is 3.12. The minimum absolute atomic E-state index is 0. The maximum absolute atomic E-state index is 4.58. The first-order chi connectivity index (χ1) is 7.36. The molecule has 82 valence electrons. The Morgan fingerprint density at radius 2 is 2.06 bits per heavy atom. The number of aromatic nitrogens is 3. The molecule has 2 aromatic heterocycles. The van der Waals surface area contributed by atoms with Crippen molar-refractivity contribution in [3.63, 3.8) is 0 Å². The second-order valence-corrected chi connectivity index (χ2v) is 4.05. The lowest BCUT2D eigenvalue weighted by Gasteiger charge is -1.97. The number of aryl methyl sites for hydroxylation is 1. The van der Waals surface area contributed by atoms with Crippen LogP contribution in [0.2, 0.25) is 0 Å². The third-order valence-corrected chi connectivity index (χ3v) is 3.06. The average Bonchev–Trinajstić information content (AvgIpc) is 2.87. The van der Waals surface area contributed by atoms with Crippen LogP contribution in [-0.2, 0) is 7.05 Å². The molecule has 3 nitrogen and oxygen atoms in total. The van der Waals surface area contributed by atoms with E-state index in [-0.39, 0.29) is 12.4 Å². The zero-order chi connectivity index (χ0) is 10.3. The average molecular weight is 252 g/mol. The number of fused-ring (bicyclic) bond motifs is 1. The van der Waals surface area contributed by atoms with E-state index in [0.29, 0.717) is 0 Å². The first-order valence-corrected chi connectivity index (χ1v) is 5.51. The largest absolute Gasteiger partial charge is 0.327 e. The molecular formula is C11H10ClN3S. The van der Waals surface area contributed by atoms with Gasteiger partial charge in [-0.2, -0.15) is 0 Å². The molecule has 0 amide bonds. The van der Waals surface area contributed by atoms with E-state index >= 15 is 0 Å². The molecule has 0 atom stereocenters. The number of para-hydroxylation sites is 2. The first kappa shape index (κ1) is 11.1. The summed E-state index contributed by atoms with van der Waals surface area (Å²) in [6.07, 6.45) is 1.85. The van der Waals surface area contributed by atoms with Gasteiger partial charge in [0.2, 0.25) is 0 Å². The summed E-state index contributed by atoms with van der Waals surface area (Å²) >= 11 is 1.45. The van der Waals surface area contributed by atoms with E-state index in [1.54, 1.807) is 0 Å². The number of benzene rings is 1. The molecule has 0 saturated carbocycles. The lowest BCUT2D eigenvalue weighted by molar-refractivity contribution is 0.960. The van der Waals surface area contributed by atoms with E-state index in [1.807, 2.05) is 36.8 Å². The van der Waals surface area contributed by atoms with Gasteiger partial charge in [0, 0.05) is 18.0 Å². The maximum atomic E-state index is 4.58. The Balaban J connectivity index is 0.000000963. The number of hydrogen-bond acceptors (Lipinski definition) is 3. The summed E-state index contributed by atoms with van der Waals surface area (Å²) < 4.78 is 6.19. The van der Waals surface area contributed by atoms with Crippen molar-refractivity contribution in [1.29, 1.82) is 0 Å². The fourth-order valence-corrected chi connectivity index (χ4v) is 2.23. The molecule has 0 bridgehead atoms. The molecule has 0 saturated heterocycles. The van der Waals surface area contributed by atoms with Gasteiger partial charge in [-0.15, -0.1) is 12.4 Å². The summed E-state index contributed by atoms with van der Waals surface area (Å²) in [6, 6.07) is 8.13. The van der Waals surface area contributed by atoms with Crippen LogP contribution in [0.5, 0.6) is 0 Å². The van der Waals surface area contributed by atoms with Crippen LogP contribution in [0.15, 0.2) is 35.8 Å². The van der Waals surface area contributed by atoms with E-state index in [1.165, 1.54) is 11.5 Å². The molecule has 0 aliphatic rings. The van der Waals surface area contributed by atoms with Gasteiger partial charge in [0.05, 0.1) is 17.2 Å². The maximum Gasteiger partial charge on any atom is 0.143 e. The molecular weight excluding hydrogens is 242 g/mol. The summed E-state index contributed by atoms with van der Waals surface area (Å²) in [7, 11) is 2.03. The molecule has 5 heteroatoms. The fraction of sp³-hybridized carbons (Fsp3) is 0.0909. The number of hydrogen-bond donors (Lipinski definition) is 0. The van der Waals surface area contributed by atoms with Crippen molar-refractivity contribution in [2.24, 2.45) is 7.05 Å². The number of halogens is 1. The SMILES string of the molecule is Cl.Cn1c(-c2cnsc2)nc2ccccc21. The predicted molar refractivity (Wildman–Crippen MR) is 69.1 cm³/mol. The molecule has 0 spiro atoms. The van der Waals surface area contributed by atoms with Crippen molar-refractivity contribution >= 4 is 35.0 Å². The molecule has 0 aliphatic heterocycles. The Morgan fingerprint density at radius 3 is 2.75 bits per heavy atom. The molecule has 0 N–H and O–H groups in total. The van der Waals surface area contributed by atoms with E-state index in [2.05, 4.69) is 20.0 Å². The highest BCUT2D eigenvalue weighted by molar-refractivity contribution is 7.03. The first-order valence-electron chi connectivity index (χ1n) is 4.67. The Bertz CT molecular complexity index is 601. The van der Waals surface area contributed by atoms with Gasteiger partial charge in [0.25, 0.3) is 0 Å². The monoisotopic (exact) mass is 251 g/mol. The zero-order valence-electron chi connectivity index (χ0n) is 8.62. The van der Waals surface area contributed by atoms with Crippen molar-refractivity contribution < 1.29 is 0 Å². The van der Waals surface area contributed by atoms with Crippen LogP contribution < -0.4 is 0 Å². The Labute approximate surface area is 103 Å². The van der Waals surface area contributed by atoms with Gasteiger partial charge < -0.3 is 4.57 Å². The molecule has 0 fully saturated rings. The molecule has 2 heterocycles. The normalized spacial score (nSPS) is 10.3. The topological polar surface area (TPSA) is 30.7 Å². The molecule has 16 heavy (non-hydrogen) atoms. The minimum atomic E-state index is 0. The van der Waals surface area contributed by atoms with Crippen LogP contribution in [-0.4, -0.2) is 13.9 Å². The van der Waals surface area contributed by atoms with E-state index < -0.39 is 0 Å². The van der Waals surface area contributed by atoms with Gasteiger partial charge in [-0.3, -0.25) is 0 Å². The van der Waals surface area contributed by atoms with Crippen LogP contribution >= 0.6 is 23.9 Å². The lowest BCUT2D eigenvalue weighted by atomic mass is 10.3. The second kappa shape index (κ2) is 4.23. The highest BCUT2D eigenvalue weighted by Gasteiger charge is 2.09. The highest BCUT2D eigenvalue weighted by Crippen LogP contribution is 2.23. The second-order valence-electron chi connectivity index (χ2n) is 3.40. The molecule has 3 aromatic rings. The number of rotatable bonds is 1. The number of imidazole rings is 1. The summed E-state index contributed by atoms with van der Waals surface area (Å²) in [5.41, 5.74) is 3.26. The highest BCUT2D eigenvalue weighted by atomic mass is 35.5. The van der Waals surface area contributed by atoms with Gasteiger partial charge in [0.15, 0.2) is 0 Å². The van der Waals surface area contributed by atoms with E-state index in [9.17, 15) is 0 Å². The van der Waals surface area contributed by atoms with Gasteiger partial charge in [-0.1, -0.05) is 12.1 Å². The quantitative estimate of drug-likeness (QED) is 0.665. The van der Waals surface area contributed by atoms with E-state index in [4.69, 9.17) is 0 Å². The molecule has 0 unspecified atom stereocenters. The van der Waals surface area contributed by atoms with Crippen molar-refractivity contribution in [3.05, 3.63) is 35.8 Å². The molecule has 1 aromatic carbocycles. The summed E-state index contributed by atoms with van der Waals surface area (Å²) in [6.45, 7) is 0. The Morgan fingerprint density at radius 1 is 1.25 bits per heavy atom. The number of nitrogens with zero attached hydrogens (tertiary/aromatic N) is 3. The lowest BCUT2D eigenvalue weighted by Crippen LogP contribution is -1.90. The third kappa shape index (κ3) is 1.60. The van der Waals surface area contributed by atoms with Crippen LogP contribution in [0.3, 0.4) is 0 Å².